The monoisotopic (exact) mass is 185 g/mol. The molecule has 1 heteroatoms. The Labute approximate surface area is 84.8 Å². The van der Waals surface area contributed by atoms with Crippen LogP contribution in [-0.2, 0) is 0 Å². The molecule has 1 nitrogen and oxygen atoms in total. The van der Waals surface area contributed by atoms with Crippen LogP contribution >= 0.6 is 0 Å². The summed E-state index contributed by atoms with van der Waals surface area (Å²) in [7, 11) is 2.17. The van der Waals surface area contributed by atoms with Gasteiger partial charge in [0.15, 0.2) is 0 Å². The van der Waals surface area contributed by atoms with E-state index >= 15 is 0 Å². The second kappa shape index (κ2) is 9.79. The average molecular weight is 185 g/mol. The van der Waals surface area contributed by atoms with Crippen LogP contribution in [0.25, 0.3) is 0 Å². The Balaban J connectivity index is 0. The van der Waals surface area contributed by atoms with E-state index in [2.05, 4.69) is 31.5 Å². The zero-order valence-electron chi connectivity index (χ0n) is 10.3. The van der Waals surface area contributed by atoms with Crippen LogP contribution in [0.2, 0.25) is 0 Å². The Morgan fingerprint density at radius 2 is 1.69 bits per heavy atom. The van der Waals surface area contributed by atoms with Crippen LogP contribution in [0.1, 0.15) is 41.0 Å². The van der Waals surface area contributed by atoms with E-state index in [4.69, 9.17) is 0 Å². The molecule has 0 amide bonds. The van der Waals surface area contributed by atoms with Gasteiger partial charge in [-0.3, -0.25) is 0 Å². The maximum absolute atomic E-state index is 3.78. The van der Waals surface area contributed by atoms with Gasteiger partial charge in [-0.25, -0.2) is 0 Å². The maximum atomic E-state index is 3.78. The molecule has 0 saturated carbocycles. The van der Waals surface area contributed by atoms with Gasteiger partial charge in [-0.1, -0.05) is 33.8 Å². The Bertz CT molecular complexity index is 99.7. The average Bonchev–Trinajstić information content (AvgIpc) is 2.53. The molecular weight excluding hydrogens is 158 g/mol. The fourth-order valence-corrected chi connectivity index (χ4v) is 1.41. The Hall–Kier alpha value is -0.300. The molecule has 0 spiro atoms. The highest BCUT2D eigenvalue weighted by Gasteiger charge is 2.22. The first-order valence-electron chi connectivity index (χ1n) is 5.57. The van der Waals surface area contributed by atoms with E-state index in [1.165, 1.54) is 13.0 Å². The summed E-state index contributed by atoms with van der Waals surface area (Å²) < 4.78 is 0. The van der Waals surface area contributed by atoms with Crippen molar-refractivity contribution in [3.05, 3.63) is 12.7 Å². The molecule has 0 aromatic rings. The summed E-state index contributed by atoms with van der Waals surface area (Å²) in [5, 5.41) is 0. The molecule has 1 aliphatic heterocycles. The molecule has 1 heterocycles. The first-order valence-corrected chi connectivity index (χ1v) is 5.57. The highest BCUT2D eigenvalue weighted by atomic mass is 15.1. The van der Waals surface area contributed by atoms with Crippen LogP contribution in [0.15, 0.2) is 12.7 Å². The van der Waals surface area contributed by atoms with Crippen molar-refractivity contribution in [2.45, 2.75) is 47.1 Å². The molecule has 0 radical (unpaired) electrons. The zero-order chi connectivity index (χ0) is 10.9. The van der Waals surface area contributed by atoms with Crippen molar-refractivity contribution in [3.63, 3.8) is 0 Å². The van der Waals surface area contributed by atoms with E-state index in [9.17, 15) is 0 Å². The van der Waals surface area contributed by atoms with Gasteiger partial charge in [-0.2, -0.15) is 0 Å². The summed E-state index contributed by atoms with van der Waals surface area (Å²) in [6, 6.07) is 0.757. The molecule has 0 bridgehead atoms. The molecule has 1 rings (SSSR count). The second-order valence-corrected chi connectivity index (χ2v) is 3.02. The van der Waals surface area contributed by atoms with Crippen molar-refractivity contribution in [2.75, 3.05) is 13.6 Å². The van der Waals surface area contributed by atoms with E-state index < -0.39 is 0 Å². The number of rotatable bonds is 1. The summed E-state index contributed by atoms with van der Waals surface area (Å²) in [6.45, 7) is 15.3. The molecule has 0 aromatic carbocycles. The zero-order valence-corrected chi connectivity index (χ0v) is 10.3. The fourth-order valence-electron chi connectivity index (χ4n) is 1.41. The van der Waals surface area contributed by atoms with Crippen molar-refractivity contribution in [1.29, 1.82) is 0 Å². The minimum Gasteiger partial charge on any atom is -0.303 e. The molecule has 1 saturated heterocycles. The lowest BCUT2D eigenvalue weighted by Gasteiger charge is -2.12. The largest absolute Gasteiger partial charge is 0.303 e. The topological polar surface area (TPSA) is 3.24 Å². The minimum absolute atomic E-state index is 0.741. The Kier molecular flexibility index (Phi) is 11.4. The van der Waals surface area contributed by atoms with Crippen LogP contribution in [0, 0.1) is 5.92 Å². The highest BCUT2D eigenvalue weighted by Crippen LogP contribution is 2.20. The molecule has 0 aromatic heterocycles. The van der Waals surface area contributed by atoms with Crippen LogP contribution in [0.4, 0.5) is 0 Å². The van der Waals surface area contributed by atoms with Gasteiger partial charge in [0.25, 0.3) is 0 Å². The Morgan fingerprint density at radius 3 is 1.85 bits per heavy atom. The van der Waals surface area contributed by atoms with Gasteiger partial charge in [0.1, 0.15) is 0 Å². The molecule has 1 aliphatic rings. The third-order valence-electron chi connectivity index (χ3n) is 2.25. The molecule has 1 fully saturated rings. The van der Waals surface area contributed by atoms with E-state index in [-0.39, 0.29) is 0 Å². The fraction of sp³-hybridized carbons (Fsp3) is 0.833. The van der Waals surface area contributed by atoms with Crippen LogP contribution in [0.3, 0.4) is 0 Å². The number of hydrogen-bond acceptors (Lipinski definition) is 1. The van der Waals surface area contributed by atoms with E-state index in [1.807, 2.05) is 27.7 Å². The number of nitrogens with zero attached hydrogens (tertiary/aromatic N) is 1. The third-order valence-corrected chi connectivity index (χ3v) is 2.25. The molecule has 80 valence electrons. The standard InChI is InChI=1S/C8H15N.2C2H6/c1-4-8-5-7(2)9(3)6-8;2*1-2/h4,7-8H,1,5-6H2,2-3H3;2*1-2H3. The van der Waals surface area contributed by atoms with Gasteiger partial charge in [0.2, 0.25) is 0 Å². The molecule has 13 heavy (non-hydrogen) atoms. The van der Waals surface area contributed by atoms with E-state index in [1.54, 1.807) is 0 Å². The summed E-state index contributed by atoms with van der Waals surface area (Å²) in [5.41, 5.74) is 0. The van der Waals surface area contributed by atoms with Crippen LogP contribution in [-0.4, -0.2) is 24.5 Å². The lowest BCUT2D eigenvalue weighted by Crippen LogP contribution is -2.21. The predicted octanol–water partition coefficient (Wildman–Crippen LogP) is 3.57. The van der Waals surface area contributed by atoms with Gasteiger partial charge >= 0.3 is 0 Å². The van der Waals surface area contributed by atoms with Crippen molar-refractivity contribution in [1.82, 2.24) is 4.90 Å². The van der Waals surface area contributed by atoms with Crippen molar-refractivity contribution in [2.24, 2.45) is 5.92 Å². The van der Waals surface area contributed by atoms with E-state index in [0.29, 0.717) is 0 Å². The van der Waals surface area contributed by atoms with Crippen LogP contribution < -0.4 is 0 Å². The molecule has 2 atom stereocenters. The van der Waals surface area contributed by atoms with Crippen molar-refractivity contribution < 1.29 is 0 Å². The summed E-state index contributed by atoms with van der Waals surface area (Å²) in [5.74, 6) is 0.741. The van der Waals surface area contributed by atoms with Crippen LogP contribution in [0.5, 0.6) is 0 Å². The highest BCUT2D eigenvalue weighted by molar-refractivity contribution is 4.90. The quantitative estimate of drug-likeness (QED) is 0.565. The Morgan fingerprint density at radius 1 is 1.23 bits per heavy atom. The molecule has 2 unspecified atom stereocenters. The van der Waals surface area contributed by atoms with Crippen molar-refractivity contribution >= 4 is 0 Å². The van der Waals surface area contributed by atoms with Gasteiger partial charge in [0, 0.05) is 12.6 Å². The van der Waals surface area contributed by atoms with Gasteiger partial charge < -0.3 is 4.90 Å². The molecule has 0 N–H and O–H groups in total. The molecule has 0 aliphatic carbocycles. The lowest BCUT2D eigenvalue weighted by molar-refractivity contribution is 0.328. The molecular formula is C12H27N. The maximum Gasteiger partial charge on any atom is 0.00702 e. The van der Waals surface area contributed by atoms with Gasteiger partial charge in [0.05, 0.1) is 0 Å². The number of likely N-dealkylation sites (tertiary alicyclic amines) is 1. The summed E-state index contributed by atoms with van der Waals surface area (Å²) in [4.78, 5) is 2.38. The third kappa shape index (κ3) is 5.87. The summed E-state index contributed by atoms with van der Waals surface area (Å²) >= 11 is 0. The van der Waals surface area contributed by atoms with Crippen molar-refractivity contribution in [3.8, 4) is 0 Å². The van der Waals surface area contributed by atoms with Gasteiger partial charge in [-0.05, 0) is 26.3 Å². The smallest absolute Gasteiger partial charge is 0.00702 e. The summed E-state index contributed by atoms with van der Waals surface area (Å²) in [6.07, 6.45) is 3.36. The second-order valence-electron chi connectivity index (χ2n) is 3.02. The first-order chi connectivity index (χ1) is 6.24. The lowest BCUT2D eigenvalue weighted by atomic mass is 10.1. The van der Waals surface area contributed by atoms with E-state index in [0.717, 1.165) is 12.0 Å². The minimum atomic E-state index is 0.741. The number of hydrogen-bond donors (Lipinski definition) is 0. The first kappa shape index (κ1) is 15.2. The van der Waals surface area contributed by atoms with Gasteiger partial charge in [-0.15, -0.1) is 6.58 Å². The predicted molar refractivity (Wildman–Crippen MR) is 63.1 cm³/mol. The SMILES string of the molecule is C=CC1CC(C)N(C)C1.CC.CC. The normalized spacial score (nSPS) is 26.6.